The second kappa shape index (κ2) is 11.3. The summed E-state index contributed by atoms with van der Waals surface area (Å²) in [4.78, 5) is 30.9. The average Bonchev–Trinajstić information content (AvgIpc) is 3.26. The maximum absolute atomic E-state index is 14.9. The molecule has 2 heterocycles. The number of phenols is 1. The maximum atomic E-state index is 14.9. The number of carbonyl (C=O) groups is 1. The molecule has 1 saturated heterocycles. The quantitative estimate of drug-likeness (QED) is 0.324. The number of nitriles is 1. The van der Waals surface area contributed by atoms with E-state index in [0.29, 0.717) is 23.7 Å². The van der Waals surface area contributed by atoms with Gasteiger partial charge in [0.05, 0.1) is 24.1 Å². The number of phenolic OH excluding ortho intramolecular Hbond substituents is 1. The van der Waals surface area contributed by atoms with Gasteiger partial charge in [-0.15, -0.1) is 0 Å². The molecule has 3 N–H and O–H groups in total. The number of anilines is 1. The summed E-state index contributed by atoms with van der Waals surface area (Å²) >= 11 is 0. The van der Waals surface area contributed by atoms with Crippen LogP contribution < -0.4 is 21.0 Å². The number of nitrogens with one attached hydrogen (secondary N) is 2. The van der Waals surface area contributed by atoms with Gasteiger partial charge in [-0.1, -0.05) is 4.41 Å². The predicted molar refractivity (Wildman–Crippen MR) is 149 cm³/mol. The Kier molecular flexibility index (Phi) is 7.90. The standard InChI is InChI=1S/C27H29FN6O7S/c1-3-40-42(38,39)33(2)32-19-5-4-18(28)25(17(19)14-29)41-21-7-6-20-23(24(21)36)26(37)34(15-31-20)16-12-22(35)27(13-16)8-10-30-11-9-27/h4-7,15-16,30,32,36H,3,8-13H2,1-2H3/t16-/m0/s1. The molecule has 5 rings (SSSR count). The molecular weight excluding hydrogens is 571 g/mol. The molecule has 0 bridgehead atoms. The Morgan fingerprint density at radius 2 is 2.02 bits per heavy atom. The molecule has 42 heavy (non-hydrogen) atoms. The van der Waals surface area contributed by atoms with Crippen LogP contribution in [0.4, 0.5) is 10.1 Å². The number of hydrogen-bond acceptors (Lipinski definition) is 11. The third-order valence-corrected chi connectivity index (χ3v) is 9.09. The number of carbonyl (C=O) groups excluding carboxylic acids is 1. The summed E-state index contributed by atoms with van der Waals surface area (Å²) in [6.07, 6.45) is 3.40. The van der Waals surface area contributed by atoms with Gasteiger partial charge in [0, 0.05) is 24.9 Å². The lowest BCUT2D eigenvalue weighted by Gasteiger charge is -2.32. The van der Waals surface area contributed by atoms with Crippen molar-refractivity contribution in [3.63, 3.8) is 0 Å². The van der Waals surface area contributed by atoms with E-state index in [1.807, 2.05) is 0 Å². The fourth-order valence-electron chi connectivity index (χ4n) is 5.61. The van der Waals surface area contributed by atoms with Crippen LogP contribution in [0.15, 0.2) is 35.4 Å². The van der Waals surface area contributed by atoms with Gasteiger partial charge in [0.2, 0.25) is 0 Å². The average molecular weight is 601 g/mol. The molecule has 13 nitrogen and oxygen atoms in total. The lowest BCUT2D eigenvalue weighted by atomic mass is 9.76. The number of fused-ring (bicyclic) bond motifs is 1. The molecule has 2 aromatic carbocycles. The number of hydrogen-bond donors (Lipinski definition) is 3. The second-order valence-electron chi connectivity index (χ2n) is 10.2. The first kappa shape index (κ1) is 29.4. The molecule has 1 atom stereocenters. The number of benzene rings is 2. The van der Waals surface area contributed by atoms with Crippen LogP contribution in [0.5, 0.6) is 17.2 Å². The van der Waals surface area contributed by atoms with E-state index in [4.69, 9.17) is 8.92 Å². The minimum atomic E-state index is -4.21. The number of ether oxygens (including phenoxy) is 1. The van der Waals surface area contributed by atoms with E-state index < -0.39 is 50.2 Å². The number of aromatic hydroxyl groups is 1. The van der Waals surface area contributed by atoms with Crippen LogP contribution in [-0.2, 0) is 19.3 Å². The summed E-state index contributed by atoms with van der Waals surface area (Å²) in [7, 11) is -3.07. The number of piperidine rings is 1. The number of halogens is 1. The van der Waals surface area contributed by atoms with Gasteiger partial charge in [-0.05, 0) is 63.5 Å². The summed E-state index contributed by atoms with van der Waals surface area (Å²) in [5, 5.41) is 24.0. The fourth-order valence-corrected chi connectivity index (χ4v) is 6.27. The van der Waals surface area contributed by atoms with Crippen LogP contribution >= 0.6 is 0 Å². The molecule has 222 valence electrons. The van der Waals surface area contributed by atoms with Gasteiger partial charge in [-0.25, -0.2) is 9.37 Å². The SMILES string of the molecule is CCOS(=O)(=O)N(C)Nc1ccc(F)c(Oc2ccc3ncn([C@H]4CC(=O)C5(CCNCC5)C4)c(=O)c3c2O)c1C#N. The fraction of sp³-hybridized carbons (Fsp3) is 0.407. The molecule has 3 aromatic rings. The van der Waals surface area contributed by atoms with E-state index in [1.165, 1.54) is 30.0 Å². The normalized spacial score (nSPS) is 18.5. The van der Waals surface area contributed by atoms with Crippen LogP contribution in [0.1, 0.15) is 44.2 Å². The van der Waals surface area contributed by atoms with E-state index in [0.717, 1.165) is 32.3 Å². The highest BCUT2D eigenvalue weighted by molar-refractivity contribution is 7.84. The molecular formula is C27H29FN6O7S. The highest BCUT2D eigenvalue weighted by atomic mass is 32.2. The summed E-state index contributed by atoms with van der Waals surface area (Å²) in [6, 6.07) is 6.10. The lowest BCUT2D eigenvalue weighted by molar-refractivity contribution is -0.127. The van der Waals surface area contributed by atoms with E-state index >= 15 is 0 Å². The van der Waals surface area contributed by atoms with E-state index in [9.17, 15) is 32.8 Å². The highest BCUT2D eigenvalue weighted by Crippen LogP contribution is 2.47. The number of rotatable bonds is 8. The molecule has 1 aliphatic carbocycles. The third kappa shape index (κ3) is 5.18. The first-order valence-electron chi connectivity index (χ1n) is 13.3. The molecule has 2 aliphatic rings. The zero-order chi connectivity index (χ0) is 30.2. The number of nitrogens with zero attached hydrogens (tertiary/aromatic N) is 4. The Morgan fingerprint density at radius 3 is 2.71 bits per heavy atom. The molecule has 1 aromatic heterocycles. The lowest BCUT2D eigenvalue weighted by Crippen LogP contribution is -2.39. The van der Waals surface area contributed by atoms with E-state index in [1.54, 1.807) is 6.07 Å². The Labute approximate surface area is 240 Å². The molecule has 1 spiro atoms. The number of ketones is 1. The highest BCUT2D eigenvalue weighted by Gasteiger charge is 2.47. The van der Waals surface area contributed by atoms with Gasteiger partial charge in [0.15, 0.2) is 23.1 Å². The molecule has 1 aliphatic heterocycles. The number of Topliss-reactive ketones (excluding diaryl/α,β-unsaturated/α-hetero) is 1. The Bertz CT molecular complexity index is 1770. The minimum absolute atomic E-state index is 0.106. The minimum Gasteiger partial charge on any atom is -0.504 e. The number of aromatic nitrogens is 2. The van der Waals surface area contributed by atoms with Gasteiger partial charge >= 0.3 is 10.3 Å². The Morgan fingerprint density at radius 1 is 1.29 bits per heavy atom. The number of hydrazine groups is 1. The molecule has 0 radical (unpaired) electrons. The van der Waals surface area contributed by atoms with E-state index in [-0.39, 0.29) is 41.2 Å². The molecule has 1 saturated carbocycles. The van der Waals surface area contributed by atoms with Crippen LogP contribution in [0.3, 0.4) is 0 Å². The van der Waals surface area contributed by atoms with Crippen molar-refractivity contribution in [1.29, 1.82) is 5.26 Å². The molecule has 0 amide bonds. The van der Waals surface area contributed by atoms with E-state index in [2.05, 4.69) is 15.7 Å². The van der Waals surface area contributed by atoms with Crippen molar-refractivity contribution < 1.29 is 31.6 Å². The topological polar surface area (TPSA) is 176 Å². The van der Waals surface area contributed by atoms with Gasteiger partial charge in [0.1, 0.15) is 22.8 Å². The summed E-state index contributed by atoms with van der Waals surface area (Å²) < 4.78 is 51.6. The molecule has 2 fully saturated rings. The van der Waals surface area contributed by atoms with Crippen molar-refractivity contribution in [2.45, 2.75) is 38.6 Å². The van der Waals surface area contributed by atoms with Gasteiger partial charge in [-0.3, -0.25) is 18.3 Å². The van der Waals surface area contributed by atoms with Crippen molar-refractivity contribution in [2.75, 3.05) is 32.2 Å². The molecule has 15 heteroatoms. The zero-order valence-electron chi connectivity index (χ0n) is 22.9. The predicted octanol–water partition coefficient (Wildman–Crippen LogP) is 2.72. The first-order chi connectivity index (χ1) is 20.0. The van der Waals surface area contributed by atoms with Crippen molar-refractivity contribution in [3.05, 3.63) is 52.3 Å². The summed E-state index contributed by atoms with van der Waals surface area (Å²) in [6.45, 7) is 2.79. The molecule has 0 unspecified atom stereocenters. The smallest absolute Gasteiger partial charge is 0.355 e. The monoisotopic (exact) mass is 600 g/mol. The van der Waals surface area contributed by atoms with Gasteiger partial charge in [0.25, 0.3) is 5.56 Å². The maximum Gasteiger partial charge on any atom is 0.355 e. The van der Waals surface area contributed by atoms with Gasteiger partial charge < -0.3 is 20.6 Å². The van der Waals surface area contributed by atoms with Crippen molar-refractivity contribution in [1.82, 2.24) is 19.3 Å². The second-order valence-corrected chi connectivity index (χ2v) is 11.9. The summed E-state index contributed by atoms with van der Waals surface area (Å²) in [5.74, 6) is -2.45. The Balaban J connectivity index is 1.50. The van der Waals surface area contributed by atoms with Crippen LogP contribution in [0.2, 0.25) is 0 Å². The van der Waals surface area contributed by atoms with Crippen molar-refractivity contribution in [3.8, 4) is 23.3 Å². The van der Waals surface area contributed by atoms with Crippen molar-refractivity contribution >= 4 is 32.7 Å². The van der Waals surface area contributed by atoms with Crippen LogP contribution in [-0.4, -0.2) is 60.0 Å². The van der Waals surface area contributed by atoms with Crippen LogP contribution in [0.25, 0.3) is 10.9 Å². The van der Waals surface area contributed by atoms with Crippen LogP contribution in [0, 0.1) is 22.6 Å². The van der Waals surface area contributed by atoms with Crippen molar-refractivity contribution in [2.24, 2.45) is 5.41 Å². The Hall–Kier alpha value is -4.10. The van der Waals surface area contributed by atoms with Gasteiger partial charge in [-0.2, -0.15) is 13.7 Å². The zero-order valence-corrected chi connectivity index (χ0v) is 23.7. The summed E-state index contributed by atoms with van der Waals surface area (Å²) in [5.41, 5.74) is 0.995. The largest absolute Gasteiger partial charge is 0.504 e. The first-order valence-corrected chi connectivity index (χ1v) is 14.6. The third-order valence-electron chi connectivity index (χ3n) is 7.80.